The van der Waals surface area contributed by atoms with Crippen LogP contribution in [0.5, 0.6) is 0 Å². The van der Waals surface area contributed by atoms with Gasteiger partial charge in [-0.2, -0.15) is 0 Å². The number of carbonyl (C=O) groups is 1. The van der Waals surface area contributed by atoms with Gasteiger partial charge in [0.2, 0.25) is 0 Å². The van der Waals surface area contributed by atoms with Gasteiger partial charge in [-0.1, -0.05) is 12.2 Å². The molecule has 0 rings (SSSR count). The average molecular weight is 218 g/mol. The molecule has 0 aliphatic carbocycles. The summed E-state index contributed by atoms with van der Waals surface area (Å²) in [5.41, 5.74) is 4.11. The summed E-state index contributed by atoms with van der Waals surface area (Å²) < 4.78 is 4.84. The van der Waals surface area contributed by atoms with Gasteiger partial charge < -0.3 is 15.8 Å². The van der Waals surface area contributed by atoms with E-state index in [1.807, 2.05) is 46.8 Å². The monoisotopic (exact) mass is 218 g/mol. The predicted octanol–water partition coefficient (Wildman–Crippen LogP) is 2.30. The third-order valence-electron chi connectivity index (χ3n) is 0.936. The van der Waals surface area contributed by atoms with Crippen LogP contribution in [0.3, 0.4) is 0 Å². The molecule has 0 aliphatic rings. The SMILES string of the molecule is C/C=C/C.CN.CNC(=O)OC(C)(C)C. The lowest BCUT2D eigenvalue weighted by Crippen LogP contribution is -2.30. The molecule has 0 saturated heterocycles. The van der Waals surface area contributed by atoms with Crippen LogP contribution in [-0.2, 0) is 4.74 Å². The van der Waals surface area contributed by atoms with Crippen molar-refractivity contribution < 1.29 is 9.53 Å². The molecule has 0 aromatic carbocycles. The van der Waals surface area contributed by atoms with Crippen molar-refractivity contribution in [1.82, 2.24) is 5.32 Å². The Kier molecular flexibility index (Phi) is 16.9. The van der Waals surface area contributed by atoms with Crippen molar-refractivity contribution in [2.75, 3.05) is 14.1 Å². The normalized spacial score (nSPS) is 9.33. The zero-order valence-electron chi connectivity index (χ0n) is 11.0. The van der Waals surface area contributed by atoms with Gasteiger partial charge in [-0.15, -0.1) is 0 Å². The number of hydrogen-bond acceptors (Lipinski definition) is 3. The van der Waals surface area contributed by atoms with Gasteiger partial charge >= 0.3 is 6.09 Å². The summed E-state index contributed by atoms with van der Waals surface area (Å²) >= 11 is 0. The fraction of sp³-hybridized carbons (Fsp3) is 0.727. The van der Waals surface area contributed by atoms with Gasteiger partial charge in [0.1, 0.15) is 5.60 Å². The van der Waals surface area contributed by atoms with Crippen molar-refractivity contribution in [1.29, 1.82) is 0 Å². The highest BCUT2D eigenvalue weighted by molar-refractivity contribution is 5.67. The fourth-order valence-electron chi connectivity index (χ4n) is 0.329. The van der Waals surface area contributed by atoms with Crippen molar-refractivity contribution in [3.63, 3.8) is 0 Å². The molecule has 15 heavy (non-hydrogen) atoms. The molecule has 0 fully saturated rings. The Morgan fingerprint density at radius 2 is 1.53 bits per heavy atom. The van der Waals surface area contributed by atoms with E-state index in [2.05, 4.69) is 11.1 Å². The molecule has 92 valence electrons. The number of ether oxygens (including phenoxy) is 1. The molecule has 4 nitrogen and oxygen atoms in total. The largest absolute Gasteiger partial charge is 0.444 e. The molecule has 0 heterocycles. The summed E-state index contributed by atoms with van der Waals surface area (Å²) in [6.45, 7) is 9.47. The van der Waals surface area contributed by atoms with Gasteiger partial charge in [-0.25, -0.2) is 4.79 Å². The van der Waals surface area contributed by atoms with Gasteiger partial charge in [0.15, 0.2) is 0 Å². The van der Waals surface area contributed by atoms with E-state index in [-0.39, 0.29) is 11.7 Å². The molecular formula is C11H26N2O2. The van der Waals surface area contributed by atoms with Crippen molar-refractivity contribution in [3.05, 3.63) is 12.2 Å². The second kappa shape index (κ2) is 13.0. The molecule has 0 atom stereocenters. The maximum Gasteiger partial charge on any atom is 0.407 e. The molecule has 0 saturated carbocycles. The number of nitrogens with one attached hydrogen (secondary N) is 1. The molecule has 0 unspecified atom stereocenters. The topological polar surface area (TPSA) is 64.3 Å². The quantitative estimate of drug-likeness (QED) is 0.613. The number of nitrogens with two attached hydrogens (primary N) is 1. The smallest absolute Gasteiger partial charge is 0.407 e. The van der Waals surface area contributed by atoms with Gasteiger partial charge in [0.25, 0.3) is 0 Å². The number of hydrogen-bond donors (Lipinski definition) is 2. The van der Waals surface area contributed by atoms with Gasteiger partial charge in [-0.3, -0.25) is 0 Å². The second-order valence-corrected chi connectivity index (χ2v) is 3.42. The zero-order valence-corrected chi connectivity index (χ0v) is 11.0. The first kappa shape index (κ1) is 19.5. The average Bonchev–Trinajstić information content (AvgIpc) is 2.19. The molecular weight excluding hydrogens is 192 g/mol. The minimum Gasteiger partial charge on any atom is -0.444 e. The fourth-order valence-corrected chi connectivity index (χ4v) is 0.329. The number of allylic oxidation sites excluding steroid dienone is 2. The third kappa shape index (κ3) is 32.1. The minimum atomic E-state index is -0.389. The highest BCUT2D eigenvalue weighted by Gasteiger charge is 2.13. The molecule has 0 aromatic heterocycles. The number of carbonyl (C=O) groups excluding carboxylic acids is 1. The lowest BCUT2D eigenvalue weighted by atomic mass is 10.2. The van der Waals surface area contributed by atoms with Crippen LogP contribution >= 0.6 is 0 Å². The van der Waals surface area contributed by atoms with E-state index in [4.69, 9.17) is 4.74 Å². The standard InChI is InChI=1S/C6H13NO2.C4H8.CH5N/c1-6(2,3)9-5(8)7-4;1-3-4-2;1-2/h1-4H3,(H,7,8);3-4H,1-2H3;2H2,1H3/b;4-3+;. The zero-order chi connectivity index (χ0) is 12.9. The van der Waals surface area contributed by atoms with E-state index in [9.17, 15) is 4.79 Å². The summed E-state index contributed by atoms with van der Waals surface area (Å²) in [5, 5.41) is 2.36. The Morgan fingerprint density at radius 1 is 1.20 bits per heavy atom. The first-order valence-corrected chi connectivity index (χ1v) is 4.93. The van der Waals surface area contributed by atoms with Gasteiger partial charge in [-0.05, 0) is 41.7 Å². The van der Waals surface area contributed by atoms with Crippen molar-refractivity contribution in [2.45, 2.75) is 40.2 Å². The van der Waals surface area contributed by atoms with E-state index in [1.165, 1.54) is 14.1 Å². The molecule has 0 aliphatic heterocycles. The Hall–Kier alpha value is -1.03. The summed E-state index contributed by atoms with van der Waals surface area (Å²) in [6.07, 6.45) is 3.61. The Morgan fingerprint density at radius 3 is 1.60 bits per heavy atom. The maximum absolute atomic E-state index is 10.5. The van der Waals surface area contributed by atoms with Crippen LogP contribution in [0.25, 0.3) is 0 Å². The van der Waals surface area contributed by atoms with Crippen molar-refractivity contribution >= 4 is 6.09 Å². The van der Waals surface area contributed by atoms with E-state index in [1.54, 1.807) is 0 Å². The highest BCUT2D eigenvalue weighted by Crippen LogP contribution is 2.05. The van der Waals surface area contributed by atoms with Crippen LogP contribution < -0.4 is 11.1 Å². The molecule has 1 amide bonds. The Bertz CT molecular complexity index is 156. The first-order valence-electron chi connectivity index (χ1n) is 4.93. The van der Waals surface area contributed by atoms with Crippen LogP contribution in [0.2, 0.25) is 0 Å². The summed E-state index contributed by atoms with van der Waals surface area (Å²) in [6, 6.07) is 0. The first-order chi connectivity index (χ1) is 6.87. The van der Waals surface area contributed by atoms with Crippen LogP contribution in [-0.4, -0.2) is 25.8 Å². The Balaban J connectivity index is -0.000000202. The van der Waals surface area contributed by atoms with E-state index < -0.39 is 0 Å². The molecule has 3 N–H and O–H groups in total. The molecule has 0 spiro atoms. The number of amides is 1. The summed E-state index contributed by atoms with van der Waals surface area (Å²) in [4.78, 5) is 10.5. The molecule has 0 aromatic rings. The van der Waals surface area contributed by atoms with Crippen LogP contribution in [0, 0.1) is 0 Å². The third-order valence-corrected chi connectivity index (χ3v) is 0.936. The lowest BCUT2D eigenvalue weighted by molar-refractivity contribution is 0.0541. The predicted molar refractivity (Wildman–Crippen MR) is 65.9 cm³/mol. The van der Waals surface area contributed by atoms with Crippen LogP contribution in [0.1, 0.15) is 34.6 Å². The highest BCUT2D eigenvalue weighted by atomic mass is 16.6. The van der Waals surface area contributed by atoms with Crippen molar-refractivity contribution in [3.8, 4) is 0 Å². The molecule has 4 heteroatoms. The van der Waals surface area contributed by atoms with Gasteiger partial charge in [0, 0.05) is 7.05 Å². The number of rotatable bonds is 0. The molecule has 0 radical (unpaired) electrons. The summed E-state index contributed by atoms with van der Waals surface area (Å²) in [7, 11) is 3.04. The minimum absolute atomic E-state index is 0.387. The second-order valence-electron chi connectivity index (χ2n) is 3.42. The molecule has 0 bridgehead atoms. The lowest BCUT2D eigenvalue weighted by Gasteiger charge is -2.18. The van der Waals surface area contributed by atoms with Crippen molar-refractivity contribution in [2.24, 2.45) is 5.73 Å². The number of alkyl carbamates (subject to hydrolysis) is 1. The van der Waals surface area contributed by atoms with E-state index in [0.29, 0.717) is 0 Å². The Labute approximate surface area is 93.9 Å². The van der Waals surface area contributed by atoms with Gasteiger partial charge in [0.05, 0.1) is 0 Å². The summed E-state index contributed by atoms with van der Waals surface area (Å²) in [5.74, 6) is 0. The van der Waals surface area contributed by atoms with Crippen LogP contribution in [0.4, 0.5) is 4.79 Å². The maximum atomic E-state index is 10.5. The van der Waals surface area contributed by atoms with Crippen LogP contribution in [0.15, 0.2) is 12.2 Å². The van der Waals surface area contributed by atoms with E-state index >= 15 is 0 Å². The van der Waals surface area contributed by atoms with E-state index in [0.717, 1.165) is 0 Å².